The molecule has 11 heteroatoms. The first-order valence-corrected chi connectivity index (χ1v) is 7.68. The van der Waals surface area contributed by atoms with Crippen molar-refractivity contribution >= 4 is 28.9 Å². The van der Waals surface area contributed by atoms with Crippen molar-refractivity contribution in [1.82, 2.24) is 10.9 Å². The smallest absolute Gasteiger partial charge is 0.276 e. The van der Waals surface area contributed by atoms with Crippen molar-refractivity contribution in [2.24, 2.45) is 0 Å². The third-order valence-corrected chi connectivity index (χ3v) is 3.29. The molecule has 0 spiro atoms. The molecule has 3 N–H and O–H groups in total. The molecule has 0 aromatic heterocycles. The van der Waals surface area contributed by atoms with Crippen molar-refractivity contribution in [1.29, 1.82) is 0 Å². The zero-order valence-corrected chi connectivity index (χ0v) is 14.6. The molecule has 2 aromatic rings. The first kappa shape index (κ1) is 20.2. The van der Waals surface area contributed by atoms with Gasteiger partial charge in [0.25, 0.3) is 5.91 Å². The molecule has 0 saturated carbocycles. The van der Waals surface area contributed by atoms with E-state index in [1.165, 1.54) is 7.11 Å². The molecule has 0 heterocycles. The summed E-state index contributed by atoms with van der Waals surface area (Å²) >= 11 is 4.94. The van der Waals surface area contributed by atoms with Gasteiger partial charge in [-0.15, -0.1) is 0 Å². The Bertz CT molecular complexity index is 824. The summed E-state index contributed by atoms with van der Waals surface area (Å²) in [7, 11) is 1.52. The number of hydrogen-bond donors (Lipinski definition) is 3. The van der Waals surface area contributed by atoms with Gasteiger partial charge in [-0.05, 0) is 36.5 Å². The van der Waals surface area contributed by atoms with E-state index in [9.17, 15) is 22.4 Å². The van der Waals surface area contributed by atoms with Gasteiger partial charge in [0.1, 0.15) is 5.75 Å². The highest BCUT2D eigenvalue weighted by Gasteiger charge is 2.21. The number of nitrogens with one attached hydrogen (secondary N) is 3. The molecule has 144 valence electrons. The molecule has 0 aliphatic carbocycles. The largest absolute Gasteiger partial charge is 0.497 e. The van der Waals surface area contributed by atoms with Gasteiger partial charge in [0.15, 0.2) is 29.1 Å². The number of hydrazine groups is 1. The predicted molar refractivity (Wildman–Crippen MR) is 92.3 cm³/mol. The van der Waals surface area contributed by atoms with E-state index in [1.54, 1.807) is 24.3 Å². The number of benzene rings is 2. The van der Waals surface area contributed by atoms with Crippen LogP contribution in [0.15, 0.2) is 30.3 Å². The molecular formula is C16H13F4N3O3S. The Morgan fingerprint density at radius 1 is 1.04 bits per heavy atom. The Morgan fingerprint density at radius 3 is 2.19 bits per heavy atom. The topological polar surface area (TPSA) is 71.6 Å². The Balaban J connectivity index is 1.83. The lowest BCUT2D eigenvalue weighted by Crippen LogP contribution is -2.45. The molecule has 2 rings (SSSR count). The van der Waals surface area contributed by atoms with E-state index in [2.05, 4.69) is 20.9 Å². The summed E-state index contributed by atoms with van der Waals surface area (Å²) in [4.78, 5) is 11.6. The predicted octanol–water partition coefficient (Wildman–Crippen LogP) is 2.65. The molecule has 0 unspecified atom stereocenters. The maximum absolute atomic E-state index is 13.4. The summed E-state index contributed by atoms with van der Waals surface area (Å²) in [5.74, 6) is -8.38. The second-order valence-corrected chi connectivity index (χ2v) is 5.35. The normalized spacial score (nSPS) is 10.1. The van der Waals surface area contributed by atoms with Crippen LogP contribution < -0.4 is 25.6 Å². The van der Waals surface area contributed by atoms with Gasteiger partial charge in [-0.1, -0.05) is 0 Å². The summed E-state index contributed by atoms with van der Waals surface area (Å²) in [5.41, 5.74) is 5.01. The molecule has 2 aromatic carbocycles. The number of amides is 1. The molecule has 1 amide bonds. The number of carbonyl (C=O) groups is 1. The van der Waals surface area contributed by atoms with Crippen molar-refractivity contribution in [3.63, 3.8) is 0 Å². The van der Waals surface area contributed by atoms with Crippen LogP contribution in [0.4, 0.5) is 23.2 Å². The van der Waals surface area contributed by atoms with Gasteiger partial charge in [-0.25, -0.2) is 8.78 Å². The van der Waals surface area contributed by atoms with Crippen molar-refractivity contribution in [2.75, 3.05) is 19.0 Å². The van der Waals surface area contributed by atoms with Crippen LogP contribution in [0.5, 0.6) is 11.5 Å². The van der Waals surface area contributed by atoms with Crippen molar-refractivity contribution < 1.29 is 31.8 Å². The van der Waals surface area contributed by atoms with Crippen molar-refractivity contribution in [2.45, 2.75) is 0 Å². The van der Waals surface area contributed by atoms with Crippen LogP contribution in [0.2, 0.25) is 0 Å². The zero-order valence-electron chi connectivity index (χ0n) is 13.7. The third-order valence-electron chi connectivity index (χ3n) is 3.08. The average molecular weight is 403 g/mol. The number of carbonyl (C=O) groups excluding carboxylic acids is 1. The first-order chi connectivity index (χ1) is 12.8. The first-order valence-electron chi connectivity index (χ1n) is 7.27. The highest BCUT2D eigenvalue weighted by atomic mass is 32.1. The Hall–Kier alpha value is -3.08. The molecule has 0 aliphatic rings. The number of ether oxygens (including phenoxy) is 2. The highest BCUT2D eigenvalue weighted by Crippen LogP contribution is 2.26. The highest BCUT2D eigenvalue weighted by molar-refractivity contribution is 7.80. The van der Waals surface area contributed by atoms with Gasteiger partial charge in [0.05, 0.1) is 7.11 Å². The fourth-order valence-electron chi connectivity index (χ4n) is 1.81. The summed E-state index contributed by atoms with van der Waals surface area (Å²) < 4.78 is 62.4. The lowest BCUT2D eigenvalue weighted by Gasteiger charge is -2.13. The quantitative estimate of drug-likeness (QED) is 0.309. The van der Waals surface area contributed by atoms with E-state index >= 15 is 0 Å². The fraction of sp³-hybridized carbons (Fsp3) is 0.125. The number of thiocarbonyl (C=S) groups is 1. The van der Waals surface area contributed by atoms with Crippen LogP contribution >= 0.6 is 12.2 Å². The minimum Gasteiger partial charge on any atom is -0.497 e. The standard InChI is InChI=1S/C16H13F4N3O3S/c1-25-9-4-2-8(3-5-9)21-16(27)23-22-12(24)7-26-15-13(19)10(17)6-11(18)14(15)20/h2-6H,7H2,1H3,(H,22,24)(H2,21,23,27). The van der Waals surface area contributed by atoms with Crippen molar-refractivity contribution in [3.8, 4) is 11.5 Å². The van der Waals surface area contributed by atoms with Crippen LogP contribution in [0, 0.1) is 23.3 Å². The minimum absolute atomic E-state index is 0.00248. The number of methoxy groups -OCH3 is 1. The summed E-state index contributed by atoms with van der Waals surface area (Å²) in [5, 5.41) is 2.75. The molecule has 6 nitrogen and oxygen atoms in total. The van der Waals surface area contributed by atoms with E-state index in [-0.39, 0.29) is 11.2 Å². The molecular weight excluding hydrogens is 390 g/mol. The number of anilines is 1. The van der Waals surface area contributed by atoms with Crippen LogP contribution in [-0.2, 0) is 4.79 Å². The van der Waals surface area contributed by atoms with Gasteiger partial charge in [-0.3, -0.25) is 15.6 Å². The summed E-state index contributed by atoms with van der Waals surface area (Å²) in [6.07, 6.45) is 0. The van der Waals surface area contributed by atoms with Crippen LogP contribution in [0.25, 0.3) is 0 Å². The summed E-state index contributed by atoms with van der Waals surface area (Å²) in [6.45, 7) is -0.922. The minimum atomic E-state index is -1.74. The molecule has 0 atom stereocenters. The van der Waals surface area contributed by atoms with E-state index in [0.29, 0.717) is 11.4 Å². The average Bonchev–Trinajstić information content (AvgIpc) is 2.65. The molecule has 0 radical (unpaired) electrons. The molecule has 0 fully saturated rings. The second-order valence-electron chi connectivity index (χ2n) is 4.94. The number of halogens is 4. The van der Waals surface area contributed by atoms with Crippen LogP contribution in [-0.4, -0.2) is 24.7 Å². The van der Waals surface area contributed by atoms with E-state index < -0.39 is 41.5 Å². The van der Waals surface area contributed by atoms with E-state index in [0.717, 1.165) is 0 Å². The van der Waals surface area contributed by atoms with E-state index in [1.807, 2.05) is 0 Å². The SMILES string of the molecule is COc1ccc(NC(=S)NNC(=O)COc2c(F)c(F)cc(F)c2F)cc1. The molecule has 0 bridgehead atoms. The van der Waals surface area contributed by atoms with Gasteiger partial charge in [0.2, 0.25) is 11.6 Å². The van der Waals surface area contributed by atoms with Gasteiger partial charge in [0, 0.05) is 11.8 Å². The lowest BCUT2D eigenvalue weighted by molar-refractivity contribution is -0.123. The lowest BCUT2D eigenvalue weighted by atomic mass is 10.3. The van der Waals surface area contributed by atoms with E-state index in [4.69, 9.17) is 17.0 Å². The zero-order chi connectivity index (χ0) is 20.0. The van der Waals surface area contributed by atoms with Crippen LogP contribution in [0.1, 0.15) is 0 Å². The second kappa shape index (κ2) is 9.03. The Labute approximate surface area is 156 Å². The maximum atomic E-state index is 13.4. The fourth-order valence-corrected chi connectivity index (χ4v) is 1.98. The molecule has 0 saturated heterocycles. The maximum Gasteiger partial charge on any atom is 0.276 e. The van der Waals surface area contributed by atoms with Crippen molar-refractivity contribution in [3.05, 3.63) is 53.6 Å². The molecule has 27 heavy (non-hydrogen) atoms. The third kappa shape index (κ3) is 5.45. The van der Waals surface area contributed by atoms with Gasteiger partial charge in [-0.2, -0.15) is 8.78 Å². The Kier molecular flexibility index (Phi) is 6.77. The molecule has 0 aliphatic heterocycles. The number of hydrogen-bond acceptors (Lipinski definition) is 4. The Morgan fingerprint density at radius 2 is 1.63 bits per heavy atom. The van der Waals surface area contributed by atoms with Crippen LogP contribution in [0.3, 0.4) is 0 Å². The van der Waals surface area contributed by atoms with Gasteiger partial charge >= 0.3 is 0 Å². The van der Waals surface area contributed by atoms with Gasteiger partial charge < -0.3 is 14.8 Å². The summed E-state index contributed by atoms with van der Waals surface area (Å²) in [6, 6.07) is 6.73. The monoisotopic (exact) mass is 403 g/mol. The number of rotatable bonds is 5.